The van der Waals surface area contributed by atoms with E-state index in [9.17, 15) is 4.79 Å². The molecular weight excluding hydrogens is 266 g/mol. The van der Waals surface area contributed by atoms with Gasteiger partial charge in [0.1, 0.15) is 5.82 Å². The third-order valence-electron chi connectivity index (χ3n) is 4.35. The number of aromatic nitrogens is 4. The summed E-state index contributed by atoms with van der Waals surface area (Å²) in [5.41, 5.74) is 2.98. The van der Waals surface area contributed by atoms with Crippen LogP contribution in [0.25, 0.3) is 0 Å². The molecule has 2 aromatic heterocycles. The van der Waals surface area contributed by atoms with Gasteiger partial charge in [-0.25, -0.2) is 0 Å². The van der Waals surface area contributed by atoms with E-state index in [2.05, 4.69) is 26.3 Å². The molecule has 1 aliphatic rings. The van der Waals surface area contributed by atoms with Gasteiger partial charge in [-0.05, 0) is 33.8 Å². The lowest BCUT2D eigenvalue weighted by atomic mass is 10.2. The van der Waals surface area contributed by atoms with Crippen molar-refractivity contribution < 1.29 is 4.79 Å². The fourth-order valence-electron chi connectivity index (χ4n) is 3.15. The molecule has 112 valence electrons. The van der Waals surface area contributed by atoms with E-state index in [1.54, 1.807) is 0 Å². The molecular formula is C15H21N5O. The number of fused-ring (bicyclic) bond motifs is 1. The zero-order valence-corrected chi connectivity index (χ0v) is 13.1. The molecule has 3 rings (SSSR count). The van der Waals surface area contributed by atoms with Crippen LogP contribution in [0.4, 0.5) is 0 Å². The van der Waals surface area contributed by atoms with E-state index in [0.717, 1.165) is 41.7 Å². The Balaban J connectivity index is 1.87. The number of amides is 1. The second-order valence-electron chi connectivity index (χ2n) is 5.57. The molecule has 0 unspecified atom stereocenters. The van der Waals surface area contributed by atoms with E-state index >= 15 is 0 Å². The third-order valence-corrected chi connectivity index (χ3v) is 4.35. The molecule has 0 aliphatic carbocycles. The van der Waals surface area contributed by atoms with Crippen LogP contribution in [0.1, 0.15) is 40.3 Å². The first-order valence-corrected chi connectivity index (χ1v) is 7.37. The van der Waals surface area contributed by atoms with E-state index in [1.165, 1.54) is 0 Å². The molecule has 0 bridgehead atoms. The largest absolute Gasteiger partial charge is 0.349 e. The lowest BCUT2D eigenvalue weighted by molar-refractivity contribution is 0.0706. The van der Waals surface area contributed by atoms with Crippen molar-refractivity contribution in [3.05, 3.63) is 34.7 Å². The number of hydrogen-bond acceptors (Lipinski definition) is 3. The molecule has 1 aliphatic heterocycles. The van der Waals surface area contributed by atoms with Gasteiger partial charge in [0.2, 0.25) is 0 Å². The third kappa shape index (κ3) is 2.14. The van der Waals surface area contributed by atoms with Crippen LogP contribution in [-0.2, 0) is 19.6 Å². The Hall–Kier alpha value is -2.11. The van der Waals surface area contributed by atoms with Crippen molar-refractivity contribution >= 4 is 5.91 Å². The highest BCUT2D eigenvalue weighted by Crippen LogP contribution is 2.20. The quantitative estimate of drug-likeness (QED) is 0.844. The van der Waals surface area contributed by atoms with Gasteiger partial charge in [-0.1, -0.05) is 0 Å². The van der Waals surface area contributed by atoms with E-state index in [4.69, 9.17) is 0 Å². The smallest absolute Gasteiger partial charge is 0.256 e. The second kappa shape index (κ2) is 5.02. The van der Waals surface area contributed by atoms with Gasteiger partial charge in [0.05, 0.1) is 12.1 Å². The van der Waals surface area contributed by atoms with Gasteiger partial charge in [-0.15, -0.1) is 10.2 Å². The Morgan fingerprint density at radius 1 is 1.24 bits per heavy atom. The molecule has 0 atom stereocenters. The summed E-state index contributed by atoms with van der Waals surface area (Å²) in [6.45, 7) is 11.0. The van der Waals surface area contributed by atoms with Crippen LogP contribution < -0.4 is 0 Å². The zero-order chi connectivity index (χ0) is 15.1. The van der Waals surface area contributed by atoms with Gasteiger partial charge in [-0.2, -0.15) is 0 Å². The molecule has 6 heteroatoms. The first kappa shape index (κ1) is 13.9. The van der Waals surface area contributed by atoms with Crippen molar-refractivity contribution in [1.82, 2.24) is 24.2 Å². The first-order chi connectivity index (χ1) is 10.0. The van der Waals surface area contributed by atoms with E-state index in [1.807, 2.05) is 31.7 Å². The summed E-state index contributed by atoms with van der Waals surface area (Å²) < 4.78 is 4.25. The Kier molecular flexibility index (Phi) is 3.31. The minimum Gasteiger partial charge on any atom is -0.349 e. The summed E-state index contributed by atoms with van der Waals surface area (Å²) in [5.74, 6) is 1.88. The van der Waals surface area contributed by atoms with Gasteiger partial charge in [0.15, 0.2) is 5.82 Å². The van der Waals surface area contributed by atoms with Crippen LogP contribution in [0.15, 0.2) is 6.07 Å². The molecule has 21 heavy (non-hydrogen) atoms. The minimum atomic E-state index is 0.0923. The summed E-state index contributed by atoms with van der Waals surface area (Å²) in [7, 11) is 0. The lowest BCUT2D eigenvalue weighted by Gasteiger charge is -2.27. The second-order valence-corrected chi connectivity index (χ2v) is 5.57. The van der Waals surface area contributed by atoms with E-state index in [-0.39, 0.29) is 5.91 Å². The summed E-state index contributed by atoms with van der Waals surface area (Å²) in [5, 5.41) is 8.24. The number of carbonyl (C=O) groups is 1. The number of aryl methyl sites for hydroxylation is 2. The van der Waals surface area contributed by atoms with Gasteiger partial charge < -0.3 is 14.0 Å². The lowest BCUT2D eigenvalue weighted by Crippen LogP contribution is -2.38. The molecule has 0 aromatic carbocycles. The first-order valence-electron chi connectivity index (χ1n) is 7.37. The maximum Gasteiger partial charge on any atom is 0.256 e. The molecule has 0 spiro atoms. The normalized spacial score (nSPS) is 14.4. The van der Waals surface area contributed by atoms with Crippen LogP contribution >= 0.6 is 0 Å². The predicted octanol–water partition coefficient (Wildman–Crippen LogP) is 1.68. The van der Waals surface area contributed by atoms with Crippen molar-refractivity contribution in [3.8, 4) is 0 Å². The predicted molar refractivity (Wildman–Crippen MR) is 79.1 cm³/mol. The Morgan fingerprint density at radius 2 is 2.00 bits per heavy atom. The number of carbonyl (C=O) groups excluding carboxylic acids is 1. The van der Waals surface area contributed by atoms with Gasteiger partial charge in [0.25, 0.3) is 5.91 Å². The van der Waals surface area contributed by atoms with Crippen LogP contribution in [0.5, 0.6) is 0 Å². The van der Waals surface area contributed by atoms with Crippen LogP contribution in [0, 0.1) is 20.8 Å². The molecule has 6 nitrogen and oxygen atoms in total. The van der Waals surface area contributed by atoms with Crippen LogP contribution in [0.3, 0.4) is 0 Å². The van der Waals surface area contributed by atoms with Crippen molar-refractivity contribution in [1.29, 1.82) is 0 Å². The monoisotopic (exact) mass is 287 g/mol. The minimum absolute atomic E-state index is 0.0923. The van der Waals surface area contributed by atoms with Crippen molar-refractivity contribution in [2.45, 2.75) is 47.3 Å². The maximum atomic E-state index is 12.8. The fraction of sp³-hybridized carbons (Fsp3) is 0.533. The van der Waals surface area contributed by atoms with E-state index in [0.29, 0.717) is 13.1 Å². The van der Waals surface area contributed by atoms with Crippen molar-refractivity contribution in [3.63, 3.8) is 0 Å². The van der Waals surface area contributed by atoms with Crippen molar-refractivity contribution in [2.75, 3.05) is 6.54 Å². The van der Waals surface area contributed by atoms with Gasteiger partial charge in [0, 0.05) is 31.0 Å². The topological polar surface area (TPSA) is 56.0 Å². The Bertz CT molecular complexity index is 697. The summed E-state index contributed by atoms with van der Waals surface area (Å²) in [6.07, 6.45) is 0. The summed E-state index contributed by atoms with van der Waals surface area (Å²) >= 11 is 0. The molecule has 2 aromatic rings. The molecule has 0 fully saturated rings. The number of nitrogens with zero attached hydrogens (tertiary/aromatic N) is 5. The molecule has 0 saturated carbocycles. The average Bonchev–Trinajstić information content (AvgIpc) is 2.98. The van der Waals surface area contributed by atoms with Crippen molar-refractivity contribution in [2.24, 2.45) is 0 Å². The van der Waals surface area contributed by atoms with Crippen LogP contribution in [-0.4, -0.2) is 36.7 Å². The molecule has 0 radical (unpaired) electrons. The molecule has 3 heterocycles. The zero-order valence-electron chi connectivity index (χ0n) is 13.1. The number of rotatable bonds is 2. The maximum absolute atomic E-state index is 12.8. The van der Waals surface area contributed by atoms with Crippen LogP contribution in [0.2, 0.25) is 0 Å². The molecule has 0 N–H and O–H groups in total. The Morgan fingerprint density at radius 3 is 2.67 bits per heavy atom. The Labute approximate surface area is 124 Å². The average molecular weight is 287 g/mol. The fourth-order valence-corrected chi connectivity index (χ4v) is 3.15. The SMILES string of the molecule is CCn1c(C)cc(C(=O)N2CCn3c(C)nnc3C2)c1C. The number of hydrogen-bond donors (Lipinski definition) is 0. The van der Waals surface area contributed by atoms with Gasteiger partial charge >= 0.3 is 0 Å². The molecule has 1 amide bonds. The highest BCUT2D eigenvalue weighted by atomic mass is 16.2. The standard InChI is InChI=1S/C15H21N5O/c1-5-19-10(2)8-13(11(19)3)15(21)18-6-7-20-12(4)16-17-14(20)9-18/h8H,5-7,9H2,1-4H3. The summed E-state index contributed by atoms with van der Waals surface area (Å²) in [4.78, 5) is 14.6. The summed E-state index contributed by atoms with van der Waals surface area (Å²) in [6, 6.07) is 1.99. The molecule has 0 saturated heterocycles. The highest BCUT2D eigenvalue weighted by molar-refractivity contribution is 5.95. The highest BCUT2D eigenvalue weighted by Gasteiger charge is 2.26. The van der Waals surface area contributed by atoms with Gasteiger partial charge in [-0.3, -0.25) is 4.79 Å². The van der Waals surface area contributed by atoms with E-state index < -0.39 is 0 Å².